The Labute approximate surface area is 114 Å². The fraction of sp³-hybridized carbons (Fsp3) is 0.167. The van der Waals surface area contributed by atoms with Gasteiger partial charge in [-0.3, -0.25) is 0 Å². The molecule has 0 saturated carbocycles. The molecule has 0 aliphatic heterocycles. The quantitative estimate of drug-likeness (QED) is 0.593. The van der Waals surface area contributed by atoms with Crippen LogP contribution in [0.4, 0.5) is 5.69 Å². The van der Waals surface area contributed by atoms with Crippen LogP contribution < -0.4 is 16.6 Å². The second-order valence-corrected chi connectivity index (χ2v) is 3.37. The lowest BCUT2D eigenvalue weighted by Gasteiger charge is -2.10. The molecule has 94 valence electrons. The van der Waals surface area contributed by atoms with Gasteiger partial charge in [-0.15, -0.1) is 24.8 Å². The predicted octanol–water partition coefficient (Wildman–Crippen LogP) is 2.56. The fourth-order valence-electron chi connectivity index (χ4n) is 1.56. The van der Waals surface area contributed by atoms with Gasteiger partial charge in [-0.2, -0.15) is 0 Å². The average Bonchev–Trinajstić information content (AvgIpc) is 2.30. The number of rotatable bonds is 4. The van der Waals surface area contributed by atoms with Gasteiger partial charge in [0.1, 0.15) is 0 Å². The minimum absolute atomic E-state index is 0. The highest BCUT2D eigenvalue weighted by atomic mass is 35.5. The summed E-state index contributed by atoms with van der Waals surface area (Å²) >= 11 is 0. The van der Waals surface area contributed by atoms with Gasteiger partial charge < -0.3 is 11.2 Å². The van der Waals surface area contributed by atoms with E-state index in [-0.39, 0.29) is 24.8 Å². The molecule has 0 unspecified atom stereocenters. The second kappa shape index (κ2) is 8.14. The molecule has 0 fully saturated rings. The summed E-state index contributed by atoms with van der Waals surface area (Å²) in [4.78, 5) is 0. The van der Waals surface area contributed by atoms with Gasteiger partial charge in [0.25, 0.3) is 0 Å². The smallest absolute Gasteiger partial charge is 0.0565 e. The molecule has 2 aromatic rings. The molecule has 0 atom stereocenters. The third-order valence-corrected chi connectivity index (χ3v) is 2.28. The van der Waals surface area contributed by atoms with Gasteiger partial charge in [0.15, 0.2) is 0 Å². The van der Waals surface area contributed by atoms with Crippen LogP contribution in [0.5, 0.6) is 0 Å². The summed E-state index contributed by atoms with van der Waals surface area (Å²) in [5.74, 6) is 0. The first-order valence-corrected chi connectivity index (χ1v) is 5.08. The maximum absolute atomic E-state index is 5.40. The van der Waals surface area contributed by atoms with E-state index in [9.17, 15) is 0 Å². The van der Waals surface area contributed by atoms with E-state index in [1.807, 2.05) is 24.3 Å². The summed E-state index contributed by atoms with van der Waals surface area (Å²) in [6, 6.07) is 14.5. The SMILES string of the molecule is Cl.Cl.NCCNNc1cccc2ccccc12. The van der Waals surface area contributed by atoms with Crippen molar-refractivity contribution in [3.8, 4) is 0 Å². The average molecular weight is 274 g/mol. The number of nitrogens with two attached hydrogens (primary N) is 1. The molecule has 5 heteroatoms. The molecule has 2 aromatic carbocycles. The second-order valence-electron chi connectivity index (χ2n) is 3.37. The van der Waals surface area contributed by atoms with Crippen molar-refractivity contribution in [3.63, 3.8) is 0 Å². The first kappa shape index (κ1) is 16.0. The lowest BCUT2D eigenvalue weighted by atomic mass is 10.1. The van der Waals surface area contributed by atoms with Crippen molar-refractivity contribution in [1.29, 1.82) is 0 Å². The number of hydrazine groups is 1. The summed E-state index contributed by atoms with van der Waals surface area (Å²) < 4.78 is 0. The third kappa shape index (κ3) is 4.06. The Balaban J connectivity index is 0.00000128. The van der Waals surface area contributed by atoms with E-state index in [0.29, 0.717) is 6.54 Å². The monoisotopic (exact) mass is 273 g/mol. The van der Waals surface area contributed by atoms with Crippen LogP contribution in [0.3, 0.4) is 0 Å². The topological polar surface area (TPSA) is 50.1 Å². The summed E-state index contributed by atoms with van der Waals surface area (Å²) in [6.07, 6.45) is 0. The van der Waals surface area contributed by atoms with E-state index >= 15 is 0 Å². The Morgan fingerprint density at radius 2 is 1.65 bits per heavy atom. The number of benzene rings is 2. The molecule has 0 saturated heterocycles. The maximum Gasteiger partial charge on any atom is 0.0565 e. The van der Waals surface area contributed by atoms with Crippen molar-refractivity contribution < 1.29 is 0 Å². The zero-order valence-electron chi connectivity index (χ0n) is 9.35. The van der Waals surface area contributed by atoms with E-state index < -0.39 is 0 Å². The lowest BCUT2D eigenvalue weighted by Crippen LogP contribution is -2.27. The summed E-state index contributed by atoms with van der Waals surface area (Å²) in [5.41, 5.74) is 12.7. The van der Waals surface area contributed by atoms with Crippen LogP contribution in [0.1, 0.15) is 0 Å². The highest BCUT2D eigenvalue weighted by molar-refractivity contribution is 5.93. The molecule has 17 heavy (non-hydrogen) atoms. The van der Waals surface area contributed by atoms with Gasteiger partial charge >= 0.3 is 0 Å². The van der Waals surface area contributed by atoms with Crippen LogP contribution in [0.15, 0.2) is 42.5 Å². The molecule has 0 aliphatic carbocycles. The number of fused-ring (bicyclic) bond motifs is 1. The van der Waals surface area contributed by atoms with Crippen LogP contribution in [0, 0.1) is 0 Å². The molecule has 0 radical (unpaired) electrons. The Morgan fingerprint density at radius 1 is 0.941 bits per heavy atom. The molecule has 0 spiro atoms. The van der Waals surface area contributed by atoms with E-state index in [2.05, 4.69) is 29.1 Å². The van der Waals surface area contributed by atoms with E-state index in [1.165, 1.54) is 10.8 Å². The molecule has 0 amide bonds. The van der Waals surface area contributed by atoms with Crippen molar-refractivity contribution in [2.75, 3.05) is 18.5 Å². The van der Waals surface area contributed by atoms with Gasteiger partial charge in [0.2, 0.25) is 0 Å². The van der Waals surface area contributed by atoms with Crippen LogP contribution >= 0.6 is 24.8 Å². The molecule has 0 aliphatic rings. The zero-order chi connectivity index (χ0) is 10.5. The highest BCUT2D eigenvalue weighted by Gasteiger charge is 1.97. The highest BCUT2D eigenvalue weighted by Crippen LogP contribution is 2.21. The van der Waals surface area contributed by atoms with Crippen molar-refractivity contribution in [2.24, 2.45) is 5.73 Å². The number of hydrogen-bond acceptors (Lipinski definition) is 3. The molecular formula is C12H17Cl2N3. The summed E-state index contributed by atoms with van der Waals surface area (Å²) in [7, 11) is 0. The standard InChI is InChI=1S/C12H15N3.2ClH/c13-8-9-14-15-12-7-3-5-10-4-1-2-6-11(10)12;;/h1-7,14-15H,8-9,13H2;2*1H. The Bertz CT molecular complexity index is 443. The van der Waals surface area contributed by atoms with Gasteiger partial charge in [-0.25, -0.2) is 5.43 Å². The van der Waals surface area contributed by atoms with E-state index in [1.54, 1.807) is 0 Å². The van der Waals surface area contributed by atoms with Gasteiger partial charge in [0, 0.05) is 18.5 Å². The molecular weight excluding hydrogens is 257 g/mol. The van der Waals surface area contributed by atoms with Gasteiger partial charge in [-0.1, -0.05) is 36.4 Å². The Hall–Kier alpha value is -1.00. The molecule has 3 nitrogen and oxygen atoms in total. The van der Waals surface area contributed by atoms with Crippen LogP contribution in [-0.4, -0.2) is 13.1 Å². The molecule has 2 rings (SSSR count). The predicted molar refractivity (Wildman–Crippen MR) is 79.1 cm³/mol. The largest absolute Gasteiger partial charge is 0.329 e. The number of halogens is 2. The first-order valence-electron chi connectivity index (χ1n) is 5.08. The van der Waals surface area contributed by atoms with Crippen LogP contribution in [0.25, 0.3) is 10.8 Å². The Morgan fingerprint density at radius 3 is 2.41 bits per heavy atom. The summed E-state index contributed by atoms with van der Waals surface area (Å²) in [6.45, 7) is 1.38. The third-order valence-electron chi connectivity index (χ3n) is 2.28. The number of hydrogen-bond donors (Lipinski definition) is 3. The molecule has 0 heterocycles. The van der Waals surface area contributed by atoms with E-state index in [0.717, 1.165) is 12.2 Å². The van der Waals surface area contributed by atoms with Crippen LogP contribution in [-0.2, 0) is 0 Å². The van der Waals surface area contributed by atoms with Crippen LogP contribution in [0.2, 0.25) is 0 Å². The first-order chi connectivity index (χ1) is 7.42. The minimum Gasteiger partial charge on any atom is -0.329 e. The van der Waals surface area contributed by atoms with E-state index in [4.69, 9.17) is 5.73 Å². The molecule has 0 aromatic heterocycles. The van der Waals surface area contributed by atoms with Gasteiger partial charge in [-0.05, 0) is 11.5 Å². The van der Waals surface area contributed by atoms with Crippen molar-refractivity contribution in [2.45, 2.75) is 0 Å². The van der Waals surface area contributed by atoms with Crippen molar-refractivity contribution in [1.82, 2.24) is 5.43 Å². The van der Waals surface area contributed by atoms with Crippen molar-refractivity contribution in [3.05, 3.63) is 42.5 Å². The molecule has 4 N–H and O–H groups in total. The number of nitrogens with one attached hydrogen (secondary N) is 2. The normalized spacial score (nSPS) is 9.24. The minimum atomic E-state index is 0. The number of anilines is 1. The Kier molecular flexibility index (Phi) is 7.66. The molecule has 0 bridgehead atoms. The lowest BCUT2D eigenvalue weighted by molar-refractivity contribution is 0.790. The van der Waals surface area contributed by atoms with Gasteiger partial charge in [0.05, 0.1) is 5.69 Å². The zero-order valence-corrected chi connectivity index (χ0v) is 11.0. The van der Waals surface area contributed by atoms with Crippen molar-refractivity contribution >= 4 is 41.3 Å². The fourth-order valence-corrected chi connectivity index (χ4v) is 1.56. The maximum atomic E-state index is 5.40. The summed E-state index contributed by atoms with van der Waals surface area (Å²) in [5, 5.41) is 2.45.